The number of carbonyl (C=O) groups excluding carboxylic acids is 1. The molecular weight excluding hydrogens is 340 g/mol. The third-order valence-electron chi connectivity index (χ3n) is 5.27. The molecule has 2 aliphatic rings. The fourth-order valence-corrected chi connectivity index (χ4v) is 3.77. The first-order valence-electron chi connectivity index (χ1n) is 9.80. The normalized spacial score (nSPS) is 19.0. The fraction of sp³-hybridized carbons (Fsp3) is 0.476. The molecule has 0 radical (unpaired) electrons. The molecule has 0 saturated carbocycles. The third-order valence-corrected chi connectivity index (χ3v) is 5.27. The molecule has 0 unspecified atom stereocenters. The first-order chi connectivity index (χ1) is 13.2. The van der Waals surface area contributed by atoms with Gasteiger partial charge in [-0.15, -0.1) is 0 Å². The molecule has 1 atom stereocenters. The molecule has 4 rings (SSSR count). The molecule has 2 aromatic rings. The van der Waals surface area contributed by atoms with E-state index < -0.39 is 0 Å². The summed E-state index contributed by atoms with van der Waals surface area (Å²) >= 11 is 0. The van der Waals surface area contributed by atoms with Gasteiger partial charge in [-0.25, -0.2) is 9.97 Å². The van der Waals surface area contributed by atoms with Crippen LogP contribution in [0.5, 0.6) is 5.75 Å². The van der Waals surface area contributed by atoms with E-state index in [4.69, 9.17) is 9.72 Å². The monoisotopic (exact) mass is 366 g/mol. The van der Waals surface area contributed by atoms with Gasteiger partial charge in [0.2, 0.25) is 5.91 Å². The molecule has 0 spiro atoms. The number of carbonyl (C=O) groups is 1. The molecule has 1 N–H and O–H groups in total. The van der Waals surface area contributed by atoms with Gasteiger partial charge in [-0.1, -0.05) is 12.1 Å². The summed E-state index contributed by atoms with van der Waals surface area (Å²) in [4.78, 5) is 23.9. The number of nitrogens with zero attached hydrogens (tertiary/aromatic N) is 3. The summed E-state index contributed by atoms with van der Waals surface area (Å²) in [7, 11) is 0. The number of aromatic nitrogens is 2. The molecular formula is C21H26N4O2. The number of nitrogens with one attached hydrogen (secondary N) is 1. The number of hydrogen-bond acceptors (Lipinski definition) is 5. The van der Waals surface area contributed by atoms with E-state index >= 15 is 0 Å². The van der Waals surface area contributed by atoms with Crippen molar-refractivity contribution in [2.24, 2.45) is 0 Å². The van der Waals surface area contributed by atoms with E-state index in [1.807, 2.05) is 42.3 Å². The van der Waals surface area contributed by atoms with Crippen LogP contribution in [-0.2, 0) is 24.2 Å². The van der Waals surface area contributed by atoms with E-state index in [-0.39, 0.29) is 11.9 Å². The predicted molar refractivity (Wildman–Crippen MR) is 102 cm³/mol. The molecule has 6 heteroatoms. The molecule has 1 aromatic carbocycles. The zero-order valence-electron chi connectivity index (χ0n) is 15.8. The zero-order valence-corrected chi connectivity index (χ0v) is 15.8. The van der Waals surface area contributed by atoms with Gasteiger partial charge in [-0.2, -0.15) is 0 Å². The quantitative estimate of drug-likeness (QED) is 0.880. The van der Waals surface area contributed by atoms with Gasteiger partial charge in [0, 0.05) is 31.3 Å². The van der Waals surface area contributed by atoms with Crippen molar-refractivity contribution >= 4 is 5.91 Å². The lowest BCUT2D eigenvalue weighted by molar-refractivity contribution is -0.131. The topological polar surface area (TPSA) is 67.3 Å². The summed E-state index contributed by atoms with van der Waals surface area (Å²) in [6.07, 6.45) is 5.40. The van der Waals surface area contributed by atoms with Gasteiger partial charge in [0.25, 0.3) is 0 Å². The van der Waals surface area contributed by atoms with Crippen molar-refractivity contribution < 1.29 is 9.53 Å². The van der Waals surface area contributed by atoms with E-state index in [9.17, 15) is 4.79 Å². The molecule has 1 amide bonds. The zero-order chi connectivity index (χ0) is 18.6. The van der Waals surface area contributed by atoms with Gasteiger partial charge < -0.3 is 15.0 Å². The third kappa shape index (κ3) is 4.11. The Hall–Kier alpha value is -2.47. The lowest BCUT2D eigenvalue weighted by Crippen LogP contribution is -2.37. The lowest BCUT2D eigenvalue weighted by atomic mass is 10.0. The Bertz CT molecular complexity index is 800. The van der Waals surface area contributed by atoms with Crippen molar-refractivity contribution in [3.05, 3.63) is 53.1 Å². The number of rotatable bonds is 5. The van der Waals surface area contributed by atoms with E-state index in [2.05, 4.69) is 10.3 Å². The van der Waals surface area contributed by atoms with Gasteiger partial charge in [0.05, 0.1) is 24.8 Å². The maximum atomic E-state index is 12.7. The largest absolute Gasteiger partial charge is 0.494 e. The molecule has 0 bridgehead atoms. The SMILES string of the molecule is CCOc1ccc(CC(=O)N2CCc3nc([C@@H]4CCCN4)ncc3C2)cc1. The van der Waals surface area contributed by atoms with Crippen LogP contribution in [-0.4, -0.2) is 40.5 Å². The summed E-state index contributed by atoms with van der Waals surface area (Å²) in [5.41, 5.74) is 3.18. The second kappa shape index (κ2) is 8.05. The average molecular weight is 366 g/mol. The summed E-state index contributed by atoms with van der Waals surface area (Å²) in [6, 6.07) is 8.05. The summed E-state index contributed by atoms with van der Waals surface area (Å²) in [5, 5.41) is 3.45. The highest BCUT2D eigenvalue weighted by Crippen LogP contribution is 2.23. The Morgan fingerprint density at radius 3 is 2.93 bits per heavy atom. The van der Waals surface area contributed by atoms with E-state index in [1.165, 1.54) is 6.42 Å². The highest BCUT2D eigenvalue weighted by molar-refractivity contribution is 5.79. The van der Waals surface area contributed by atoms with Crippen LogP contribution < -0.4 is 10.1 Å². The van der Waals surface area contributed by atoms with Gasteiger partial charge >= 0.3 is 0 Å². The minimum absolute atomic E-state index is 0.145. The van der Waals surface area contributed by atoms with E-state index in [1.54, 1.807) is 0 Å². The fourth-order valence-electron chi connectivity index (χ4n) is 3.77. The minimum Gasteiger partial charge on any atom is -0.494 e. The van der Waals surface area contributed by atoms with Crippen LogP contribution in [0.4, 0.5) is 0 Å². The molecule has 142 valence electrons. The molecule has 6 nitrogen and oxygen atoms in total. The van der Waals surface area contributed by atoms with Crippen molar-refractivity contribution in [3.63, 3.8) is 0 Å². The second-order valence-corrected chi connectivity index (χ2v) is 7.17. The highest BCUT2D eigenvalue weighted by atomic mass is 16.5. The summed E-state index contributed by atoms with van der Waals surface area (Å²) in [6.45, 7) is 4.97. The Labute approximate surface area is 160 Å². The van der Waals surface area contributed by atoms with Crippen molar-refractivity contribution in [2.45, 2.75) is 45.2 Å². The Morgan fingerprint density at radius 2 is 2.19 bits per heavy atom. The van der Waals surface area contributed by atoms with E-state index in [0.29, 0.717) is 19.6 Å². The molecule has 0 aliphatic carbocycles. The molecule has 2 aliphatic heterocycles. The van der Waals surface area contributed by atoms with Crippen molar-refractivity contribution in [2.75, 3.05) is 19.7 Å². The smallest absolute Gasteiger partial charge is 0.227 e. The number of ether oxygens (including phenoxy) is 1. The summed E-state index contributed by atoms with van der Waals surface area (Å²) in [5.74, 6) is 1.89. The first kappa shape index (κ1) is 17.9. The van der Waals surface area contributed by atoms with Crippen LogP contribution in [0.2, 0.25) is 0 Å². The van der Waals surface area contributed by atoms with Crippen molar-refractivity contribution in [3.8, 4) is 5.75 Å². The predicted octanol–water partition coefficient (Wildman–Crippen LogP) is 2.43. The van der Waals surface area contributed by atoms with Gasteiger partial charge in [-0.05, 0) is 44.0 Å². The van der Waals surface area contributed by atoms with Crippen LogP contribution >= 0.6 is 0 Å². The van der Waals surface area contributed by atoms with Crippen molar-refractivity contribution in [1.29, 1.82) is 0 Å². The molecule has 27 heavy (non-hydrogen) atoms. The second-order valence-electron chi connectivity index (χ2n) is 7.17. The highest BCUT2D eigenvalue weighted by Gasteiger charge is 2.25. The lowest BCUT2D eigenvalue weighted by Gasteiger charge is -2.28. The van der Waals surface area contributed by atoms with Crippen molar-refractivity contribution in [1.82, 2.24) is 20.2 Å². The molecule has 1 saturated heterocycles. The van der Waals surface area contributed by atoms with Gasteiger partial charge in [0.1, 0.15) is 11.6 Å². The van der Waals surface area contributed by atoms with Crippen LogP contribution in [0.15, 0.2) is 30.5 Å². The standard InChI is InChI=1S/C21H26N4O2/c1-2-27-17-7-5-15(6-8-17)12-20(26)25-11-9-18-16(14-25)13-23-21(24-18)19-4-3-10-22-19/h5-8,13,19,22H,2-4,9-12,14H2,1H3/t19-/m0/s1. The van der Waals surface area contributed by atoms with Gasteiger partial charge in [-0.3, -0.25) is 4.79 Å². The van der Waals surface area contributed by atoms with Crippen LogP contribution in [0.1, 0.15) is 48.5 Å². The minimum atomic E-state index is 0.145. The van der Waals surface area contributed by atoms with Gasteiger partial charge in [0.15, 0.2) is 0 Å². The maximum Gasteiger partial charge on any atom is 0.227 e. The first-order valence-corrected chi connectivity index (χ1v) is 9.80. The van der Waals surface area contributed by atoms with Crippen LogP contribution in [0.25, 0.3) is 0 Å². The number of fused-ring (bicyclic) bond motifs is 1. The van der Waals surface area contributed by atoms with Crippen LogP contribution in [0.3, 0.4) is 0 Å². The Morgan fingerprint density at radius 1 is 1.33 bits per heavy atom. The average Bonchev–Trinajstić information content (AvgIpc) is 3.24. The molecule has 3 heterocycles. The molecule has 1 aromatic heterocycles. The Balaban J connectivity index is 1.39. The number of hydrogen-bond donors (Lipinski definition) is 1. The molecule has 1 fully saturated rings. The number of benzene rings is 1. The van der Waals surface area contributed by atoms with Crippen LogP contribution in [0, 0.1) is 0 Å². The Kier molecular flexibility index (Phi) is 5.34. The van der Waals surface area contributed by atoms with E-state index in [0.717, 1.165) is 54.3 Å². The maximum absolute atomic E-state index is 12.7. The summed E-state index contributed by atoms with van der Waals surface area (Å²) < 4.78 is 5.45. The number of amides is 1.